The van der Waals surface area contributed by atoms with Gasteiger partial charge in [0.15, 0.2) is 11.0 Å². The van der Waals surface area contributed by atoms with Gasteiger partial charge >= 0.3 is 0 Å². The number of carbonyl (C=O) groups excluding carboxylic acids is 4. The number of guanidine groups is 1. The SMILES string of the molecule is NC(N)=NCCCC(NC(=O)C1CCCC2CN(C(=O)CCc3ccccc3)CC(=O)N21)C(=O)c1nccs1. The maximum atomic E-state index is 13.5. The molecule has 11 nitrogen and oxygen atoms in total. The molecule has 0 radical (unpaired) electrons. The average molecular weight is 554 g/mol. The fourth-order valence-electron chi connectivity index (χ4n) is 5.24. The maximum Gasteiger partial charge on any atom is 0.243 e. The second kappa shape index (κ2) is 13.3. The molecule has 39 heavy (non-hydrogen) atoms. The normalized spacial score (nSPS) is 19.6. The molecule has 3 amide bonds. The summed E-state index contributed by atoms with van der Waals surface area (Å²) in [6.45, 7) is 0.682. The molecule has 5 N–H and O–H groups in total. The van der Waals surface area contributed by atoms with Gasteiger partial charge in [-0.3, -0.25) is 24.2 Å². The number of nitrogens with zero attached hydrogens (tertiary/aromatic N) is 4. The van der Waals surface area contributed by atoms with Crippen molar-refractivity contribution in [2.24, 2.45) is 16.5 Å². The van der Waals surface area contributed by atoms with E-state index in [1.54, 1.807) is 21.4 Å². The van der Waals surface area contributed by atoms with Gasteiger partial charge in [-0.05, 0) is 44.1 Å². The van der Waals surface area contributed by atoms with Gasteiger partial charge < -0.3 is 26.6 Å². The molecule has 0 bridgehead atoms. The van der Waals surface area contributed by atoms with Gasteiger partial charge in [-0.15, -0.1) is 11.3 Å². The van der Waals surface area contributed by atoms with Crippen molar-refractivity contribution in [1.82, 2.24) is 20.1 Å². The third-order valence-corrected chi connectivity index (χ3v) is 7.92. The maximum absolute atomic E-state index is 13.5. The smallest absolute Gasteiger partial charge is 0.243 e. The van der Waals surface area contributed by atoms with E-state index in [0.29, 0.717) is 50.2 Å². The summed E-state index contributed by atoms with van der Waals surface area (Å²) >= 11 is 1.21. The Bertz CT molecular complexity index is 1180. The van der Waals surface area contributed by atoms with Crippen LogP contribution in [0.15, 0.2) is 46.9 Å². The number of fused-ring (bicyclic) bond motifs is 1. The van der Waals surface area contributed by atoms with Gasteiger partial charge in [-0.2, -0.15) is 0 Å². The summed E-state index contributed by atoms with van der Waals surface area (Å²) in [5.74, 6) is -0.987. The van der Waals surface area contributed by atoms with Crippen molar-refractivity contribution in [2.75, 3.05) is 19.6 Å². The van der Waals surface area contributed by atoms with E-state index >= 15 is 0 Å². The molecule has 2 aliphatic heterocycles. The van der Waals surface area contributed by atoms with E-state index in [9.17, 15) is 19.2 Å². The van der Waals surface area contributed by atoms with E-state index in [2.05, 4.69) is 15.3 Å². The van der Waals surface area contributed by atoms with Crippen molar-refractivity contribution in [3.05, 3.63) is 52.5 Å². The van der Waals surface area contributed by atoms with Crippen molar-refractivity contribution in [3.8, 4) is 0 Å². The summed E-state index contributed by atoms with van der Waals surface area (Å²) in [6.07, 6.45) is 5.26. The number of carbonyl (C=O) groups is 4. The van der Waals surface area contributed by atoms with Crippen LogP contribution in [0.1, 0.15) is 53.9 Å². The Hall–Kier alpha value is -3.80. The monoisotopic (exact) mass is 553 g/mol. The molecule has 0 saturated carbocycles. The third kappa shape index (κ3) is 7.41. The third-order valence-electron chi connectivity index (χ3n) is 7.14. The van der Waals surface area contributed by atoms with Crippen LogP contribution in [0.4, 0.5) is 0 Å². The highest BCUT2D eigenvalue weighted by atomic mass is 32.1. The Morgan fingerprint density at radius 2 is 1.97 bits per heavy atom. The lowest BCUT2D eigenvalue weighted by Gasteiger charge is -2.47. The first-order chi connectivity index (χ1) is 18.8. The summed E-state index contributed by atoms with van der Waals surface area (Å²) in [5.41, 5.74) is 11.9. The number of aryl methyl sites for hydroxylation is 1. The Balaban J connectivity index is 1.39. The zero-order valence-corrected chi connectivity index (χ0v) is 22.6. The fraction of sp³-hybridized carbons (Fsp3) is 0.481. The van der Waals surface area contributed by atoms with Crippen LogP contribution in [0, 0.1) is 0 Å². The van der Waals surface area contributed by atoms with E-state index in [1.807, 2.05) is 30.3 Å². The predicted molar refractivity (Wildman–Crippen MR) is 148 cm³/mol. The number of amides is 3. The number of hydrogen-bond donors (Lipinski definition) is 3. The first-order valence-corrected chi connectivity index (χ1v) is 14.1. The Labute approximate surface area is 231 Å². The topological polar surface area (TPSA) is 164 Å². The largest absolute Gasteiger partial charge is 0.370 e. The number of piperazine rings is 1. The molecule has 12 heteroatoms. The lowest BCUT2D eigenvalue weighted by atomic mass is 9.92. The van der Waals surface area contributed by atoms with Crippen molar-refractivity contribution in [3.63, 3.8) is 0 Å². The number of ketones is 1. The molecule has 2 aromatic rings. The Morgan fingerprint density at radius 1 is 1.18 bits per heavy atom. The molecule has 1 aromatic heterocycles. The van der Waals surface area contributed by atoms with E-state index in [4.69, 9.17) is 11.5 Å². The summed E-state index contributed by atoms with van der Waals surface area (Å²) < 4.78 is 0. The van der Waals surface area contributed by atoms with Crippen LogP contribution >= 0.6 is 11.3 Å². The minimum atomic E-state index is -0.811. The van der Waals surface area contributed by atoms with Gasteiger partial charge in [-0.1, -0.05) is 30.3 Å². The quantitative estimate of drug-likeness (QED) is 0.162. The van der Waals surface area contributed by atoms with Crippen LogP contribution in [-0.4, -0.2) is 82.0 Å². The number of thiazole rings is 1. The molecule has 0 aliphatic carbocycles. The average Bonchev–Trinajstić information content (AvgIpc) is 3.48. The van der Waals surface area contributed by atoms with Crippen LogP contribution in [0.5, 0.6) is 0 Å². The van der Waals surface area contributed by atoms with Gasteiger partial charge in [0.2, 0.25) is 23.5 Å². The van der Waals surface area contributed by atoms with Crippen molar-refractivity contribution < 1.29 is 19.2 Å². The van der Waals surface area contributed by atoms with E-state index in [1.165, 1.54) is 11.3 Å². The number of aliphatic imine (C=N–C) groups is 1. The van der Waals surface area contributed by atoms with Gasteiger partial charge in [0.25, 0.3) is 0 Å². The highest BCUT2D eigenvalue weighted by Crippen LogP contribution is 2.28. The van der Waals surface area contributed by atoms with E-state index < -0.39 is 12.1 Å². The van der Waals surface area contributed by atoms with Crippen LogP contribution in [0.3, 0.4) is 0 Å². The summed E-state index contributed by atoms with van der Waals surface area (Å²) in [5, 5.41) is 4.89. The zero-order valence-electron chi connectivity index (χ0n) is 21.8. The summed E-state index contributed by atoms with van der Waals surface area (Å²) in [6, 6.07) is 8.04. The molecular formula is C27H35N7O4S. The second-order valence-corrected chi connectivity index (χ2v) is 10.8. The van der Waals surface area contributed by atoms with Gasteiger partial charge in [-0.25, -0.2) is 4.98 Å². The molecule has 3 heterocycles. The lowest BCUT2D eigenvalue weighted by Crippen LogP contribution is -2.65. The molecule has 3 unspecified atom stereocenters. The van der Waals surface area contributed by atoms with Crippen molar-refractivity contribution in [2.45, 2.75) is 63.1 Å². The Morgan fingerprint density at radius 3 is 2.69 bits per heavy atom. The number of hydrogen-bond acceptors (Lipinski definition) is 7. The van der Waals surface area contributed by atoms with Crippen LogP contribution in [-0.2, 0) is 20.8 Å². The summed E-state index contributed by atoms with van der Waals surface area (Å²) in [4.78, 5) is 64.0. The van der Waals surface area contributed by atoms with Gasteiger partial charge in [0.1, 0.15) is 6.04 Å². The van der Waals surface area contributed by atoms with Gasteiger partial charge in [0.05, 0.1) is 18.6 Å². The van der Waals surface area contributed by atoms with Crippen LogP contribution in [0.2, 0.25) is 0 Å². The zero-order chi connectivity index (χ0) is 27.8. The Kier molecular flexibility index (Phi) is 9.64. The first-order valence-electron chi connectivity index (χ1n) is 13.3. The first kappa shape index (κ1) is 28.2. The van der Waals surface area contributed by atoms with E-state index in [0.717, 1.165) is 18.4 Å². The second-order valence-electron chi connectivity index (χ2n) is 9.87. The van der Waals surface area contributed by atoms with Gasteiger partial charge in [0, 0.05) is 31.1 Å². The minimum Gasteiger partial charge on any atom is -0.370 e. The highest BCUT2D eigenvalue weighted by molar-refractivity contribution is 7.11. The molecule has 2 fully saturated rings. The molecule has 3 atom stereocenters. The number of Topliss-reactive ketones (excluding diaryl/α,β-unsaturated/α-hetero) is 1. The predicted octanol–water partition coefficient (Wildman–Crippen LogP) is 1.09. The molecular weight excluding hydrogens is 518 g/mol. The standard InChI is InChI=1S/C27H35N7O4S/c28-27(29)31-13-5-9-20(24(37)26-30-14-15-39-26)32-25(38)21-10-4-8-19-16-33(17-23(36)34(19)21)22(35)12-11-18-6-2-1-3-7-18/h1-3,6-7,14-15,19-21H,4-5,8-13,16-17H2,(H,32,38)(H4,28,29,31). The number of benzene rings is 1. The molecule has 4 rings (SSSR count). The summed E-state index contributed by atoms with van der Waals surface area (Å²) in [7, 11) is 0. The molecule has 1 aromatic carbocycles. The van der Waals surface area contributed by atoms with Crippen molar-refractivity contribution in [1.29, 1.82) is 0 Å². The van der Waals surface area contributed by atoms with E-state index in [-0.39, 0.29) is 42.1 Å². The molecule has 2 saturated heterocycles. The number of nitrogens with two attached hydrogens (primary N) is 2. The van der Waals surface area contributed by atoms with Crippen LogP contribution in [0.25, 0.3) is 0 Å². The number of nitrogens with one attached hydrogen (secondary N) is 1. The molecule has 208 valence electrons. The molecule has 2 aliphatic rings. The highest BCUT2D eigenvalue weighted by Gasteiger charge is 2.43. The van der Waals surface area contributed by atoms with Crippen LogP contribution < -0.4 is 16.8 Å². The fourth-order valence-corrected chi connectivity index (χ4v) is 5.87. The van der Waals surface area contributed by atoms with Crippen molar-refractivity contribution >= 4 is 40.8 Å². The number of piperidine rings is 1. The molecule has 0 spiro atoms. The minimum absolute atomic E-state index is 0.0358. The number of aromatic nitrogens is 1. The number of rotatable bonds is 11. The lowest BCUT2D eigenvalue weighted by molar-refractivity contribution is -0.157.